The fraction of sp³-hybridized carbons (Fsp3) is 0.417. The lowest BCUT2D eigenvalue weighted by Crippen LogP contribution is -2.51. The van der Waals surface area contributed by atoms with Gasteiger partial charge < -0.3 is 15.0 Å². The smallest absolute Gasteiger partial charge is 0.261 e. The van der Waals surface area contributed by atoms with E-state index in [1.165, 1.54) is 0 Å². The maximum atomic E-state index is 12.9. The van der Waals surface area contributed by atoms with Gasteiger partial charge in [-0.15, -0.1) is 0 Å². The van der Waals surface area contributed by atoms with Crippen molar-refractivity contribution in [2.75, 3.05) is 13.2 Å². The summed E-state index contributed by atoms with van der Waals surface area (Å²) in [5.74, 6) is 0.299. The number of amides is 2. The minimum atomic E-state index is -0.568. The van der Waals surface area contributed by atoms with Crippen molar-refractivity contribution in [1.82, 2.24) is 10.2 Å². The van der Waals surface area contributed by atoms with Gasteiger partial charge in [0, 0.05) is 12.6 Å². The van der Waals surface area contributed by atoms with Gasteiger partial charge in [-0.25, -0.2) is 0 Å². The second kappa shape index (κ2) is 11.2. The Morgan fingerprint density at radius 3 is 2.31 bits per heavy atom. The summed E-state index contributed by atoms with van der Waals surface area (Å²) in [5.41, 5.74) is 2.25. The van der Waals surface area contributed by atoms with Gasteiger partial charge in [0.05, 0.1) is 0 Å². The van der Waals surface area contributed by atoms with Gasteiger partial charge in [0.1, 0.15) is 11.8 Å². The van der Waals surface area contributed by atoms with Crippen LogP contribution >= 0.6 is 0 Å². The van der Waals surface area contributed by atoms with Gasteiger partial charge in [-0.1, -0.05) is 55.0 Å². The maximum absolute atomic E-state index is 12.9. The number of carbonyl (C=O) groups excluding carboxylic acids is 2. The molecule has 5 heteroatoms. The first kappa shape index (κ1) is 22.5. The molecule has 0 saturated carbocycles. The molecule has 29 heavy (non-hydrogen) atoms. The fourth-order valence-electron chi connectivity index (χ4n) is 2.90. The number of nitrogens with zero attached hydrogens (tertiary/aromatic N) is 1. The van der Waals surface area contributed by atoms with E-state index in [2.05, 4.69) is 5.32 Å². The van der Waals surface area contributed by atoms with E-state index in [-0.39, 0.29) is 24.5 Å². The number of benzene rings is 2. The Morgan fingerprint density at radius 2 is 1.69 bits per heavy atom. The van der Waals surface area contributed by atoms with Crippen LogP contribution in [0.5, 0.6) is 5.75 Å². The summed E-state index contributed by atoms with van der Waals surface area (Å²) in [6.07, 6.45) is 1.52. The molecule has 2 atom stereocenters. The largest absolute Gasteiger partial charge is 0.484 e. The first-order valence-corrected chi connectivity index (χ1v) is 10.2. The van der Waals surface area contributed by atoms with Crippen LogP contribution in [-0.2, 0) is 16.0 Å². The van der Waals surface area contributed by atoms with E-state index in [4.69, 9.17) is 4.74 Å². The van der Waals surface area contributed by atoms with E-state index < -0.39 is 6.04 Å². The quantitative estimate of drug-likeness (QED) is 0.665. The molecule has 0 heterocycles. The summed E-state index contributed by atoms with van der Waals surface area (Å²) in [6.45, 7) is 8.10. The molecule has 2 amide bonds. The standard InChI is InChI=1S/C24H32N2O3/c1-5-19(3)25-24(28)20(4)26(16-15-21-9-7-6-8-10-21)23(27)17-29-22-13-11-18(2)12-14-22/h6-14,19-20H,5,15-17H2,1-4H3,(H,25,28)/t19-,20+/m0/s1. The van der Waals surface area contributed by atoms with Crippen LogP contribution in [0.1, 0.15) is 38.3 Å². The predicted octanol–water partition coefficient (Wildman–Crippen LogP) is 3.75. The average molecular weight is 397 g/mol. The Hall–Kier alpha value is -2.82. The molecule has 0 aliphatic rings. The Balaban J connectivity index is 2.05. The highest BCUT2D eigenvalue weighted by molar-refractivity contribution is 5.88. The highest BCUT2D eigenvalue weighted by Crippen LogP contribution is 2.13. The van der Waals surface area contributed by atoms with Crippen LogP contribution in [0.3, 0.4) is 0 Å². The topological polar surface area (TPSA) is 58.6 Å². The molecule has 0 aliphatic carbocycles. The van der Waals surface area contributed by atoms with E-state index in [1.54, 1.807) is 11.8 Å². The zero-order valence-electron chi connectivity index (χ0n) is 17.9. The third kappa shape index (κ3) is 7.26. The number of hydrogen-bond acceptors (Lipinski definition) is 3. The average Bonchev–Trinajstić information content (AvgIpc) is 2.73. The highest BCUT2D eigenvalue weighted by Gasteiger charge is 2.26. The van der Waals surface area contributed by atoms with Gasteiger partial charge >= 0.3 is 0 Å². The third-order valence-corrected chi connectivity index (χ3v) is 5.04. The van der Waals surface area contributed by atoms with Crippen molar-refractivity contribution in [3.8, 4) is 5.75 Å². The van der Waals surface area contributed by atoms with Crippen molar-refractivity contribution < 1.29 is 14.3 Å². The maximum Gasteiger partial charge on any atom is 0.261 e. The number of carbonyl (C=O) groups is 2. The summed E-state index contributed by atoms with van der Waals surface area (Å²) < 4.78 is 5.67. The molecule has 2 aromatic carbocycles. The van der Waals surface area contributed by atoms with E-state index >= 15 is 0 Å². The van der Waals surface area contributed by atoms with Crippen LogP contribution in [0, 0.1) is 6.92 Å². The second-order valence-electron chi connectivity index (χ2n) is 7.42. The van der Waals surface area contributed by atoms with Crippen molar-refractivity contribution in [3.63, 3.8) is 0 Å². The fourth-order valence-corrected chi connectivity index (χ4v) is 2.90. The van der Waals surface area contributed by atoms with Gasteiger partial charge in [0.2, 0.25) is 5.91 Å². The molecule has 2 aromatic rings. The molecule has 0 aromatic heterocycles. The van der Waals surface area contributed by atoms with Crippen LogP contribution in [0.2, 0.25) is 0 Å². The molecule has 0 saturated heterocycles. The summed E-state index contributed by atoms with van der Waals surface area (Å²) in [4.78, 5) is 27.2. The minimum absolute atomic E-state index is 0.0693. The van der Waals surface area contributed by atoms with Gasteiger partial charge in [0.25, 0.3) is 5.91 Å². The molecule has 0 radical (unpaired) electrons. The van der Waals surface area contributed by atoms with Crippen LogP contribution in [-0.4, -0.2) is 41.9 Å². The molecule has 0 spiro atoms. The van der Waals surface area contributed by atoms with Gasteiger partial charge in [-0.3, -0.25) is 9.59 Å². The van der Waals surface area contributed by atoms with Gasteiger partial charge in [-0.2, -0.15) is 0 Å². The summed E-state index contributed by atoms with van der Waals surface area (Å²) in [5, 5.41) is 2.97. The number of rotatable bonds is 10. The molecule has 0 unspecified atom stereocenters. The Labute approximate surface area is 174 Å². The zero-order chi connectivity index (χ0) is 21.2. The lowest BCUT2D eigenvalue weighted by atomic mass is 10.1. The van der Waals surface area contributed by atoms with Crippen LogP contribution < -0.4 is 10.1 Å². The summed E-state index contributed by atoms with van der Waals surface area (Å²) in [6, 6.07) is 17.0. The molecule has 0 aliphatic heterocycles. The number of aryl methyl sites for hydroxylation is 1. The predicted molar refractivity (Wildman–Crippen MR) is 116 cm³/mol. The lowest BCUT2D eigenvalue weighted by molar-refractivity contribution is -0.141. The third-order valence-electron chi connectivity index (χ3n) is 5.04. The van der Waals surface area contributed by atoms with Crippen molar-refractivity contribution >= 4 is 11.8 Å². The first-order valence-electron chi connectivity index (χ1n) is 10.2. The second-order valence-corrected chi connectivity index (χ2v) is 7.42. The minimum Gasteiger partial charge on any atom is -0.484 e. The molecule has 0 fully saturated rings. The Morgan fingerprint density at radius 1 is 1.03 bits per heavy atom. The number of hydrogen-bond donors (Lipinski definition) is 1. The Bertz CT molecular complexity index is 774. The molecular weight excluding hydrogens is 364 g/mol. The molecule has 0 bridgehead atoms. The molecule has 1 N–H and O–H groups in total. The van der Waals surface area contributed by atoms with Gasteiger partial charge in [-0.05, 0) is 51.3 Å². The number of nitrogens with one attached hydrogen (secondary N) is 1. The molecule has 5 nitrogen and oxygen atoms in total. The van der Waals surface area contributed by atoms with Crippen LogP contribution in [0.4, 0.5) is 0 Å². The lowest BCUT2D eigenvalue weighted by Gasteiger charge is -2.29. The number of ether oxygens (including phenoxy) is 1. The molecule has 2 rings (SSSR count). The Kier molecular flexibility index (Phi) is 8.71. The first-order chi connectivity index (χ1) is 13.9. The highest BCUT2D eigenvalue weighted by atomic mass is 16.5. The van der Waals surface area contributed by atoms with E-state index in [0.717, 1.165) is 17.5 Å². The van der Waals surface area contributed by atoms with E-state index in [9.17, 15) is 9.59 Å². The summed E-state index contributed by atoms with van der Waals surface area (Å²) in [7, 11) is 0. The van der Waals surface area contributed by atoms with Crippen molar-refractivity contribution in [3.05, 3.63) is 65.7 Å². The van der Waals surface area contributed by atoms with Crippen molar-refractivity contribution in [2.24, 2.45) is 0 Å². The zero-order valence-corrected chi connectivity index (χ0v) is 17.9. The van der Waals surface area contributed by atoms with Crippen LogP contribution in [0.15, 0.2) is 54.6 Å². The molecule has 156 valence electrons. The molecular formula is C24H32N2O3. The van der Waals surface area contributed by atoms with Crippen molar-refractivity contribution in [2.45, 2.75) is 52.6 Å². The van der Waals surface area contributed by atoms with E-state index in [0.29, 0.717) is 18.7 Å². The summed E-state index contributed by atoms with van der Waals surface area (Å²) >= 11 is 0. The SMILES string of the molecule is CC[C@H](C)NC(=O)[C@@H](C)N(CCc1ccccc1)C(=O)COc1ccc(C)cc1. The van der Waals surface area contributed by atoms with Crippen molar-refractivity contribution in [1.29, 1.82) is 0 Å². The van der Waals surface area contributed by atoms with E-state index in [1.807, 2.05) is 75.4 Å². The van der Waals surface area contributed by atoms with Crippen LogP contribution in [0.25, 0.3) is 0 Å². The monoisotopic (exact) mass is 396 g/mol. The van der Waals surface area contributed by atoms with Gasteiger partial charge in [0.15, 0.2) is 6.61 Å². The normalized spacial score (nSPS) is 12.7.